The van der Waals surface area contributed by atoms with E-state index in [0.717, 1.165) is 20.9 Å². The summed E-state index contributed by atoms with van der Waals surface area (Å²) in [6.45, 7) is 0. The Bertz CT molecular complexity index is 478. The average Bonchev–Trinajstić information content (AvgIpc) is 2.47. The van der Waals surface area contributed by atoms with Crippen molar-refractivity contribution in [3.8, 4) is 0 Å². The number of rotatable bonds is 1. The summed E-state index contributed by atoms with van der Waals surface area (Å²) in [7, 11) is 0. The van der Waals surface area contributed by atoms with Crippen molar-refractivity contribution in [1.82, 2.24) is 9.38 Å². The van der Waals surface area contributed by atoms with Gasteiger partial charge in [-0.05, 0) is 37.9 Å². The molecule has 0 aliphatic rings. The van der Waals surface area contributed by atoms with E-state index < -0.39 is 0 Å². The first-order valence-electron chi connectivity index (χ1n) is 3.49. The molecule has 3 nitrogen and oxygen atoms in total. The molecule has 0 bridgehead atoms. The maximum Gasteiger partial charge on any atom is 0.168 e. The third kappa shape index (κ3) is 1.42. The van der Waals surface area contributed by atoms with Gasteiger partial charge in [0.2, 0.25) is 0 Å². The Balaban J connectivity index is 2.89. The van der Waals surface area contributed by atoms with Crippen LogP contribution in [-0.4, -0.2) is 15.7 Å². The fourth-order valence-corrected chi connectivity index (χ4v) is 2.40. The second-order valence-corrected chi connectivity index (χ2v) is 4.27. The molecule has 0 spiro atoms. The number of halogens is 2. The van der Waals surface area contributed by atoms with E-state index in [1.54, 1.807) is 16.8 Å². The minimum absolute atomic E-state index is 0.539. The molecule has 2 aromatic rings. The van der Waals surface area contributed by atoms with Gasteiger partial charge in [0.05, 0.1) is 10.7 Å². The fraction of sp³-hybridized carbons (Fsp3) is 0. The number of nitrogens with zero attached hydrogens (tertiary/aromatic N) is 2. The summed E-state index contributed by atoms with van der Waals surface area (Å²) in [5, 5.41) is 0. The number of aldehydes is 1. The number of fused-ring (bicyclic) bond motifs is 1. The molecule has 0 radical (unpaired) electrons. The summed E-state index contributed by atoms with van der Waals surface area (Å²) in [4.78, 5) is 14.7. The van der Waals surface area contributed by atoms with E-state index >= 15 is 0 Å². The molecule has 2 rings (SSSR count). The maximum absolute atomic E-state index is 10.6. The Labute approximate surface area is 91.0 Å². The van der Waals surface area contributed by atoms with Crippen LogP contribution in [0.2, 0.25) is 0 Å². The zero-order valence-electron chi connectivity index (χ0n) is 6.37. The van der Waals surface area contributed by atoms with Gasteiger partial charge < -0.3 is 0 Å². The zero-order valence-corrected chi connectivity index (χ0v) is 9.54. The lowest BCUT2D eigenvalue weighted by molar-refractivity contribution is 0.111. The van der Waals surface area contributed by atoms with E-state index in [4.69, 9.17) is 0 Å². The van der Waals surface area contributed by atoms with E-state index in [2.05, 4.69) is 36.8 Å². The molecule has 0 aliphatic carbocycles. The van der Waals surface area contributed by atoms with Crippen molar-refractivity contribution >= 4 is 43.8 Å². The molecule has 0 N–H and O–H groups in total. The lowest BCUT2D eigenvalue weighted by atomic mass is 10.4. The van der Waals surface area contributed by atoms with E-state index in [1.807, 2.05) is 6.07 Å². The monoisotopic (exact) mass is 302 g/mol. The smallest absolute Gasteiger partial charge is 0.168 e. The average molecular weight is 304 g/mol. The van der Waals surface area contributed by atoms with Crippen molar-refractivity contribution in [1.29, 1.82) is 0 Å². The van der Waals surface area contributed by atoms with Gasteiger partial charge in [-0.15, -0.1) is 0 Å². The van der Waals surface area contributed by atoms with E-state index in [-0.39, 0.29) is 0 Å². The first-order valence-corrected chi connectivity index (χ1v) is 5.08. The number of hydrogen-bond donors (Lipinski definition) is 0. The molecular weight excluding hydrogens is 300 g/mol. The molecular formula is C8H4Br2N2O. The van der Waals surface area contributed by atoms with E-state index in [9.17, 15) is 4.79 Å². The molecule has 0 aliphatic heterocycles. The lowest BCUT2D eigenvalue weighted by Gasteiger charge is -1.98. The van der Waals surface area contributed by atoms with Gasteiger partial charge in [0.15, 0.2) is 11.9 Å². The minimum atomic E-state index is 0.539. The van der Waals surface area contributed by atoms with E-state index in [1.165, 1.54) is 0 Å². The van der Waals surface area contributed by atoms with Gasteiger partial charge in [-0.1, -0.05) is 0 Å². The summed E-state index contributed by atoms with van der Waals surface area (Å²) in [5.74, 6) is 0. The molecule has 2 heterocycles. The first-order chi connectivity index (χ1) is 6.22. The van der Waals surface area contributed by atoms with Crippen LogP contribution in [0.25, 0.3) is 5.65 Å². The Morgan fingerprint density at radius 3 is 2.92 bits per heavy atom. The fourth-order valence-electron chi connectivity index (χ4n) is 1.12. The molecule has 0 aromatic carbocycles. The number of pyridine rings is 1. The standard InChI is InChI=1S/C8H4Br2N2O/c9-5-1-7(10)8-11-2-6(4-13)12(8)3-5/h1-4H. The summed E-state index contributed by atoms with van der Waals surface area (Å²) in [5.41, 5.74) is 1.28. The van der Waals surface area contributed by atoms with Crippen LogP contribution in [0.1, 0.15) is 10.5 Å². The largest absolute Gasteiger partial charge is 0.296 e. The highest BCUT2D eigenvalue weighted by Gasteiger charge is 2.05. The number of carbonyl (C=O) groups is 1. The first kappa shape index (κ1) is 8.90. The van der Waals surface area contributed by atoms with Gasteiger partial charge in [-0.3, -0.25) is 9.20 Å². The van der Waals surface area contributed by atoms with Gasteiger partial charge in [-0.25, -0.2) is 4.98 Å². The Morgan fingerprint density at radius 1 is 1.46 bits per heavy atom. The van der Waals surface area contributed by atoms with Crippen LogP contribution in [0.15, 0.2) is 27.4 Å². The van der Waals surface area contributed by atoms with Crippen molar-refractivity contribution in [2.24, 2.45) is 0 Å². The van der Waals surface area contributed by atoms with Crippen LogP contribution in [-0.2, 0) is 0 Å². The highest BCUT2D eigenvalue weighted by Crippen LogP contribution is 2.22. The number of hydrogen-bond acceptors (Lipinski definition) is 2. The third-order valence-electron chi connectivity index (χ3n) is 1.68. The van der Waals surface area contributed by atoms with Crippen molar-refractivity contribution < 1.29 is 4.79 Å². The van der Waals surface area contributed by atoms with Crippen molar-refractivity contribution in [3.05, 3.63) is 33.1 Å². The van der Waals surface area contributed by atoms with Crippen molar-refractivity contribution in [2.45, 2.75) is 0 Å². The molecule has 0 fully saturated rings. The van der Waals surface area contributed by atoms with Gasteiger partial charge in [0, 0.05) is 10.7 Å². The molecule has 0 amide bonds. The molecule has 0 saturated heterocycles. The maximum atomic E-state index is 10.6. The van der Waals surface area contributed by atoms with Gasteiger partial charge >= 0.3 is 0 Å². The minimum Gasteiger partial charge on any atom is -0.296 e. The Kier molecular flexibility index (Phi) is 2.21. The SMILES string of the molecule is O=Cc1cnc2c(Br)cc(Br)cn12. The number of carbonyl (C=O) groups excluding carboxylic acids is 1. The Hall–Kier alpha value is -0.680. The molecule has 0 unspecified atom stereocenters. The second kappa shape index (κ2) is 3.23. The predicted molar refractivity (Wildman–Crippen MR) is 56.0 cm³/mol. The van der Waals surface area contributed by atoms with Crippen LogP contribution < -0.4 is 0 Å². The highest BCUT2D eigenvalue weighted by atomic mass is 79.9. The van der Waals surface area contributed by atoms with Crippen LogP contribution in [0.3, 0.4) is 0 Å². The summed E-state index contributed by atoms with van der Waals surface area (Å²) >= 11 is 6.70. The van der Waals surface area contributed by atoms with Crippen LogP contribution >= 0.6 is 31.9 Å². The second-order valence-electron chi connectivity index (χ2n) is 2.50. The van der Waals surface area contributed by atoms with Crippen molar-refractivity contribution in [2.75, 3.05) is 0 Å². The number of imidazole rings is 1. The quantitative estimate of drug-likeness (QED) is 0.759. The summed E-state index contributed by atoms with van der Waals surface area (Å²) < 4.78 is 3.48. The van der Waals surface area contributed by atoms with E-state index in [0.29, 0.717) is 5.69 Å². The molecule has 0 atom stereocenters. The molecule has 2 aromatic heterocycles. The lowest BCUT2D eigenvalue weighted by Crippen LogP contribution is -1.90. The zero-order chi connectivity index (χ0) is 9.42. The topological polar surface area (TPSA) is 34.4 Å². The summed E-state index contributed by atoms with van der Waals surface area (Å²) in [6, 6.07) is 1.89. The van der Waals surface area contributed by atoms with Gasteiger partial charge in [0.1, 0.15) is 5.69 Å². The van der Waals surface area contributed by atoms with Crippen molar-refractivity contribution in [3.63, 3.8) is 0 Å². The predicted octanol–water partition coefficient (Wildman–Crippen LogP) is 2.67. The van der Waals surface area contributed by atoms with Crippen LogP contribution in [0.4, 0.5) is 0 Å². The number of aromatic nitrogens is 2. The molecule has 66 valence electrons. The molecule has 13 heavy (non-hydrogen) atoms. The van der Waals surface area contributed by atoms with Crippen LogP contribution in [0.5, 0.6) is 0 Å². The summed E-state index contributed by atoms with van der Waals surface area (Å²) in [6.07, 6.45) is 4.12. The van der Waals surface area contributed by atoms with Gasteiger partial charge in [-0.2, -0.15) is 0 Å². The highest BCUT2D eigenvalue weighted by molar-refractivity contribution is 9.11. The normalized spacial score (nSPS) is 10.6. The van der Waals surface area contributed by atoms with Crippen LogP contribution in [0, 0.1) is 0 Å². The molecule has 5 heteroatoms. The Morgan fingerprint density at radius 2 is 2.23 bits per heavy atom. The van der Waals surface area contributed by atoms with Gasteiger partial charge in [0.25, 0.3) is 0 Å². The third-order valence-corrected chi connectivity index (χ3v) is 2.69. The molecule has 0 saturated carbocycles.